The van der Waals surface area contributed by atoms with Gasteiger partial charge in [-0.1, -0.05) is 0 Å². The van der Waals surface area contributed by atoms with Gasteiger partial charge in [-0.15, -0.1) is 0 Å². The molecule has 4 nitrogen and oxygen atoms in total. The molecular formula is C13H12O4. The van der Waals surface area contributed by atoms with Gasteiger partial charge in [-0.3, -0.25) is 0 Å². The quantitative estimate of drug-likeness (QED) is 0.880. The van der Waals surface area contributed by atoms with Crippen LogP contribution in [0.1, 0.15) is 21.5 Å². The summed E-state index contributed by atoms with van der Waals surface area (Å²) in [7, 11) is 0. The van der Waals surface area contributed by atoms with E-state index in [1.165, 1.54) is 6.07 Å². The molecule has 1 aromatic carbocycles. The maximum Gasteiger partial charge on any atom is 0.335 e. The van der Waals surface area contributed by atoms with Gasteiger partial charge in [-0.2, -0.15) is 0 Å². The van der Waals surface area contributed by atoms with Crippen molar-refractivity contribution in [2.45, 2.75) is 13.5 Å². The smallest absolute Gasteiger partial charge is 0.335 e. The molecule has 0 saturated heterocycles. The molecule has 0 spiro atoms. The minimum atomic E-state index is -0.936. The number of carbonyl (C=O) groups is 1. The average Bonchev–Trinajstić information content (AvgIpc) is 2.80. The molecule has 0 radical (unpaired) electrons. The Morgan fingerprint density at radius 2 is 2.24 bits per heavy atom. The first-order valence-corrected chi connectivity index (χ1v) is 5.14. The molecule has 0 atom stereocenters. The van der Waals surface area contributed by atoms with E-state index < -0.39 is 5.97 Å². The summed E-state index contributed by atoms with van der Waals surface area (Å²) in [5.74, 6) is -0.259. The Hall–Kier alpha value is -2.23. The van der Waals surface area contributed by atoms with Gasteiger partial charge in [-0.25, -0.2) is 4.79 Å². The molecule has 2 rings (SSSR count). The van der Waals surface area contributed by atoms with Crippen LogP contribution in [-0.2, 0) is 6.61 Å². The fourth-order valence-electron chi connectivity index (χ4n) is 1.48. The zero-order valence-electron chi connectivity index (χ0n) is 9.34. The van der Waals surface area contributed by atoms with Crippen LogP contribution in [0, 0.1) is 6.92 Å². The van der Waals surface area contributed by atoms with Crippen molar-refractivity contribution >= 4 is 5.97 Å². The molecule has 1 heterocycles. The van der Waals surface area contributed by atoms with Gasteiger partial charge in [0.15, 0.2) is 0 Å². The van der Waals surface area contributed by atoms with E-state index in [-0.39, 0.29) is 5.56 Å². The molecule has 0 saturated carbocycles. The third kappa shape index (κ3) is 2.66. The van der Waals surface area contributed by atoms with Crippen LogP contribution < -0.4 is 4.74 Å². The SMILES string of the molecule is Cc1cc(C(=O)O)ccc1OCc1ccoc1. The summed E-state index contributed by atoms with van der Waals surface area (Å²) < 4.78 is 10.5. The monoisotopic (exact) mass is 232 g/mol. The molecule has 0 amide bonds. The van der Waals surface area contributed by atoms with Crippen LogP contribution in [0.25, 0.3) is 0 Å². The van der Waals surface area contributed by atoms with Crippen LogP contribution in [0.2, 0.25) is 0 Å². The highest BCUT2D eigenvalue weighted by atomic mass is 16.5. The molecule has 4 heteroatoms. The Bertz CT molecular complexity index is 514. The minimum absolute atomic E-state index is 0.262. The number of aromatic carboxylic acids is 1. The standard InChI is InChI=1S/C13H12O4/c1-9-6-11(13(14)15)2-3-12(9)17-8-10-4-5-16-7-10/h2-7H,8H2,1H3,(H,14,15). The lowest BCUT2D eigenvalue weighted by molar-refractivity contribution is 0.0696. The Kier molecular flexibility index (Phi) is 3.14. The second kappa shape index (κ2) is 4.74. The van der Waals surface area contributed by atoms with Gasteiger partial charge in [0.2, 0.25) is 0 Å². The van der Waals surface area contributed by atoms with E-state index in [1.807, 2.05) is 13.0 Å². The number of benzene rings is 1. The van der Waals surface area contributed by atoms with Gasteiger partial charge in [0.25, 0.3) is 0 Å². The molecule has 0 aliphatic rings. The van der Waals surface area contributed by atoms with Crippen LogP contribution in [0.5, 0.6) is 5.75 Å². The third-order valence-electron chi connectivity index (χ3n) is 2.40. The summed E-state index contributed by atoms with van der Waals surface area (Å²) in [5.41, 5.74) is 2.00. The van der Waals surface area contributed by atoms with Crippen molar-refractivity contribution in [3.05, 3.63) is 53.5 Å². The van der Waals surface area contributed by atoms with Crippen molar-refractivity contribution < 1.29 is 19.1 Å². The first-order valence-electron chi connectivity index (χ1n) is 5.14. The van der Waals surface area contributed by atoms with Crippen molar-refractivity contribution in [2.75, 3.05) is 0 Å². The third-order valence-corrected chi connectivity index (χ3v) is 2.40. The molecule has 1 aromatic heterocycles. The van der Waals surface area contributed by atoms with E-state index in [9.17, 15) is 4.79 Å². The zero-order chi connectivity index (χ0) is 12.3. The van der Waals surface area contributed by atoms with Gasteiger partial charge in [0.05, 0.1) is 18.1 Å². The summed E-state index contributed by atoms with van der Waals surface area (Å²) in [6.07, 6.45) is 3.19. The number of aryl methyl sites for hydroxylation is 1. The number of hydrogen-bond acceptors (Lipinski definition) is 3. The topological polar surface area (TPSA) is 59.7 Å². The lowest BCUT2D eigenvalue weighted by atomic mass is 10.1. The van der Waals surface area contributed by atoms with E-state index in [2.05, 4.69) is 0 Å². The molecule has 0 fully saturated rings. The molecule has 1 N–H and O–H groups in total. The van der Waals surface area contributed by atoms with Crippen molar-refractivity contribution in [1.29, 1.82) is 0 Å². The predicted molar refractivity (Wildman–Crippen MR) is 61.2 cm³/mol. The Balaban J connectivity index is 2.09. The van der Waals surface area contributed by atoms with E-state index in [1.54, 1.807) is 24.7 Å². The lowest BCUT2D eigenvalue weighted by Gasteiger charge is -2.08. The van der Waals surface area contributed by atoms with Crippen molar-refractivity contribution in [1.82, 2.24) is 0 Å². The van der Waals surface area contributed by atoms with Crippen molar-refractivity contribution in [3.8, 4) is 5.75 Å². The summed E-state index contributed by atoms with van der Waals surface area (Å²) in [4.78, 5) is 10.8. The first-order chi connectivity index (χ1) is 8.16. The van der Waals surface area contributed by atoms with Crippen LogP contribution >= 0.6 is 0 Å². The summed E-state index contributed by atoms with van der Waals surface area (Å²) in [6.45, 7) is 2.22. The van der Waals surface area contributed by atoms with Crippen LogP contribution in [0.15, 0.2) is 41.2 Å². The second-order valence-corrected chi connectivity index (χ2v) is 3.71. The molecular weight excluding hydrogens is 220 g/mol. The highest BCUT2D eigenvalue weighted by Crippen LogP contribution is 2.20. The largest absolute Gasteiger partial charge is 0.489 e. The van der Waals surface area contributed by atoms with Crippen LogP contribution in [0.3, 0.4) is 0 Å². The molecule has 88 valence electrons. The number of furan rings is 1. The molecule has 17 heavy (non-hydrogen) atoms. The van der Waals surface area contributed by atoms with Crippen LogP contribution in [0.4, 0.5) is 0 Å². The Labute approximate surface area is 98.4 Å². The summed E-state index contributed by atoms with van der Waals surface area (Å²) >= 11 is 0. The average molecular weight is 232 g/mol. The number of carboxylic acids is 1. The molecule has 0 aliphatic heterocycles. The van der Waals surface area contributed by atoms with Gasteiger partial charge in [0.1, 0.15) is 12.4 Å². The summed E-state index contributed by atoms with van der Waals surface area (Å²) in [6, 6.07) is 6.60. The zero-order valence-corrected chi connectivity index (χ0v) is 9.34. The fraction of sp³-hybridized carbons (Fsp3) is 0.154. The number of ether oxygens (including phenoxy) is 1. The van der Waals surface area contributed by atoms with Gasteiger partial charge >= 0.3 is 5.97 Å². The molecule has 0 unspecified atom stereocenters. The van der Waals surface area contributed by atoms with Gasteiger partial charge < -0.3 is 14.3 Å². The predicted octanol–water partition coefficient (Wildman–Crippen LogP) is 2.87. The van der Waals surface area contributed by atoms with E-state index in [4.69, 9.17) is 14.3 Å². The Morgan fingerprint density at radius 1 is 1.41 bits per heavy atom. The minimum Gasteiger partial charge on any atom is -0.489 e. The normalized spacial score (nSPS) is 10.2. The van der Waals surface area contributed by atoms with Crippen molar-refractivity contribution in [3.63, 3.8) is 0 Å². The summed E-state index contributed by atoms with van der Waals surface area (Å²) in [5, 5.41) is 8.83. The molecule has 0 aliphatic carbocycles. The van der Waals surface area contributed by atoms with Crippen molar-refractivity contribution in [2.24, 2.45) is 0 Å². The number of hydrogen-bond donors (Lipinski definition) is 1. The van der Waals surface area contributed by atoms with E-state index in [0.29, 0.717) is 12.4 Å². The van der Waals surface area contributed by atoms with Crippen LogP contribution in [-0.4, -0.2) is 11.1 Å². The number of rotatable bonds is 4. The van der Waals surface area contributed by atoms with Gasteiger partial charge in [0, 0.05) is 5.56 Å². The Morgan fingerprint density at radius 3 is 2.82 bits per heavy atom. The number of carboxylic acid groups (broad SMARTS) is 1. The highest BCUT2D eigenvalue weighted by molar-refractivity contribution is 5.88. The molecule has 0 bridgehead atoms. The van der Waals surface area contributed by atoms with E-state index >= 15 is 0 Å². The highest BCUT2D eigenvalue weighted by Gasteiger charge is 2.06. The maximum atomic E-state index is 10.8. The molecule has 2 aromatic rings. The first kappa shape index (κ1) is 11.3. The fourth-order valence-corrected chi connectivity index (χ4v) is 1.48. The lowest BCUT2D eigenvalue weighted by Crippen LogP contribution is -1.99. The van der Waals surface area contributed by atoms with Gasteiger partial charge in [-0.05, 0) is 36.8 Å². The maximum absolute atomic E-state index is 10.8. The second-order valence-electron chi connectivity index (χ2n) is 3.71. The van der Waals surface area contributed by atoms with E-state index in [0.717, 1.165) is 11.1 Å².